The van der Waals surface area contributed by atoms with Crippen molar-refractivity contribution >= 4 is 27.5 Å². The molecule has 0 saturated heterocycles. The molecule has 0 saturated carbocycles. The van der Waals surface area contributed by atoms with Crippen LogP contribution in [0.4, 0.5) is 14.5 Å². The first kappa shape index (κ1) is 15.4. The second-order valence-electron chi connectivity index (χ2n) is 4.60. The predicted octanol–water partition coefficient (Wildman–Crippen LogP) is 3.75. The highest BCUT2D eigenvalue weighted by atomic mass is 79.9. The molecular weight excluding hydrogens is 342 g/mol. The van der Waals surface area contributed by atoms with Gasteiger partial charge in [0.2, 0.25) is 5.91 Å². The lowest BCUT2D eigenvalue weighted by Crippen LogP contribution is -2.12. The molecule has 3 N–H and O–H groups in total. The van der Waals surface area contributed by atoms with Gasteiger partial charge in [0.25, 0.3) is 0 Å². The maximum absolute atomic E-state index is 13.7. The summed E-state index contributed by atoms with van der Waals surface area (Å²) in [5.74, 6) is -1.81. The molecule has 0 radical (unpaired) electrons. The van der Waals surface area contributed by atoms with E-state index in [1.807, 2.05) is 6.92 Å². The molecule has 2 aromatic carbocycles. The fourth-order valence-corrected chi connectivity index (χ4v) is 2.49. The van der Waals surface area contributed by atoms with Gasteiger partial charge in [-0.15, -0.1) is 0 Å². The topological polar surface area (TPSA) is 55.1 Å². The molecule has 0 heterocycles. The molecule has 2 rings (SSSR count). The average molecular weight is 355 g/mol. The third kappa shape index (κ3) is 3.58. The minimum absolute atomic E-state index is 0.190. The van der Waals surface area contributed by atoms with Crippen molar-refractivity contribution in [2.24, 2.45) is 5.73 Å². The van der Waals surface area contributed by atoms with Crippen LogP contribution in [0.2, 0.25) is 0 Å². The van der Waals surface area contributed by atoms with Crippen molar-refractivity contribution in [1.82, 2.24) is 0 Å². The Morgan fingerprint density at radius 1 is 1.29 bits per heavy atom. The van der Waals surface area contributed by atoms with Gasteiger partial charge in [-0.2, -0.15) is 0 Å². The summed E-state index contributed by atoms with van der Waals surface area (Å²) in [5, 5.41) is 2.91. The largest absolute Gasteiger partial charge is 0.378 e. The number of nitrogens with one attached hydrogen (secondary N) is 1. The fraction of sp³-hybridized carbons (Fsp3) is 0.133. The van der Waals surface area contributed by atoms with E-state index in [1.165, 1.54) is 6.07 Å². The van der Waals surface area contributed by atoms with E-state index in [2.05, 4.69) is 21.2 Å². The average Bonchev–Trinajstić information content (AvgIpc) is 2.38. The summed E-state index contributed by atoms with van der Waals surface area (Å²) in [4.78, 5) is 11.1. The third-order valence-electron chi connectivity index (χ3n) is 3.09. The number of hydrogen-bond acceptors (Lipinski definition) is 2. The molecule has 0 spiro atoms. The minimum atomic E-state index is -0.673. The summed E-state index contributed by atoms with van der Waals surface area (Å²) >= 11 is 3.12. The Bertz CT molecular complexity index is 681. The SMILES string of the molecule is Cc1cc(C(N)=O)ccc1CNc1c(F)cc(F)cc1Br. The van der Waals surface area contributed by atoms with Gasteiger partial charge in [0.1, 0.15) is 11.6 Å². The molecule has 0 unspecified atom stereocenters. The lowest BCUT2D eigenvalue weighted by atomic mass is 10.0. The summed E-state index contributed by atoms with van der Waals surface area (Å²) in [5.41, 5.74) is 7.56. The van der Waals surface area contributed by atoms with E-state index in [9.17, 15) is 13.6 Å². The summed E-state index contributed by atoms with van der Waals surface area (Å²) < 4.78 is 27.0. The number of rotatable bonds is 4. The third-order valence-corrected chi connectivity index (χ3v) is 3.72. The number of amides is 1. The van der Waals surface area contributed by atoms with Crippen LogP contribution in [0.5, 0.6) is 0 Å². The molecule has 0 aromatic heterocycles. The summed E-state index contributed by atoms with van der Waals surface area (Å²) in [7, 11) is 0. The number of aryl methyl sites for hydroxylation is 1. The van der Waals surface area contributed by atoms with Gasteiger partial charge < -0.3 is 11.1 Å². The highest BCUT2D eigenvalue weighted by Crippen LogP contribution is 2.27. The van der Waals surface area contributed by atoms with E-state index < -0.39 is 17.5 Å². The number of carbonyl (C=O) groups excluding carboxylic acids is 1. The van der Waals surface area contributed by atoms with Gasteiger partial charge in [0.05, 0.1) is 5.69 Å². The number of carbonyl (C=O) groups is 1. The van der Waals surface area contributed by atoms with Crippen LogP contribution in [-0.4, -0.2) is 5.91 Å². The van der Waals surface area contributed by atoms with E-state index in [-0.39, 0.29) is 5.69 Å². The number of anilines is 1. The molecule has 0 aliphatic carbocycles. The van der Waals surface area contributed by atoms with Crippen LogP contribution >= 0.6 is 15.9 Å². The summed E-state index contributed by atoms with van der Waals surface area (Å²) in [6.07, 6.45) is 0. The van der Waals surface area contributed by atoms with Crippen molar-refractivity contribution in [2.45, 2.75) is 13.5 Å². The van der Waals surface area contributed by atoms with Crippen LogP contribution in [0.1, 0.15) is 21.5 Å². The molecule has 2 aromatic rings. The molecule has 6 heteroatoms. The number of nitrogens with two attached hydrogens (primary N) is 1. The molecule has 0 bridgehead atoms. The van der Waals surface area contributed by atoms with Crippen LogP contribution in [0.15, 0.2) is 34.8 Å². The minimum Gasteiger partial charge on any atom is -0.378 e. The van der Waals surface area contributed by atoms with Crippen molar-refractivity contribution in [2.75, 3.05) is 5.32 Å². The van der Waals surface area contributed by atoms with Gasteiger partial charge >= 0.3 is 0 Å². The predicted molar refractivity (Wildman–Crippen MR) is 81.1 cm³/mol. The quantitative estimate of drug-likeness (QED) is 0.878. The summed E-state index contributed by atoms with van der Waals surface area (Å²) in [6.45, 7) is 2.17. The van der Waals surface area contributed by atoms with Crippen LogP contribution in [0.25, 0.3) is 0 Å². The second-order valence-corrected chi connectivity index (χ2v) is 5.46. The maximum Gasteiger partial charge on any atom is 0.248 e. The van der Waals surface area contributed by atoms with E-state index in [0.29, 0.717) is 16.6 Å². The van der Waals surface area contributed by atoms with Gasteiger partial charge in [-0.3, -0.25) is 4.79 Å². The van der Waals surface area contributed by atoms with Crippen molar-refractivity contribution in [1.29, 1.82) is 0 Å². The first-order chi connectivity index (χ1) is 9.88. The van der Waals surface area contributed by atoms with Crippen LogP contribution in [0.3, 0.4) is 0 Å². The number of benzene rings is 2. The molecule has 0 aliphatic rings. The van der Waals surface area contributed by atoms with Crippen molar-refractivity contribution in [3.8, 4) is 0 Å². The molecule has 0 atom stereocenters. The smallest absolute Gasteiger partial charge is 0.248 e. The molecule has 0 aliphatic heterocycles. The number of halogens is 3. The Labute approximate surface area is 129 Å². The Hall–Kier alpha value is -1.95. The Balaban J connectivity index is 2.19. The molecule has 110 valence electrons. The fourth-order valence-electron chi connectivity index (χ4n) is 1.94. The van der Waals surface area contributed by atoms with Gasteiger partial charge in [-0.05, 0) is 52.2 Å². The van der Waals surface area contributed by atoms with E-state index in [0.717, 1.165) is 17.2 Å². The molecule has 0 fully saturated rings. The van der Waals surface area contributed by atoms with E-state index in [4.69, 9.17) is 5.73 Å². The van der Waals surface area contributed by atoms with Crippen molar-refractivity contribution < 1.29 is 13.6 Å². The van der Waals surface area contributed by atoms with Crippen molar-refractivity contribution in [3.05, 3.63) is 63.1 Å². The molecule has 1 amide bonds. The molecule has 3 nitrogen and oxygen atoms in total. The zero-order valence-corrected chi connectivity index (χ0v) is 12.8. The van der Waals surface area contributed by atoms with Gasteiger partial charge in [-0.1, -0.05) is 6.07 Å². The zero-order chi connectivity index (χ0) is 15.6. The lowest BCUT2D eigenvalue weighted by Gasteiger charge is -2.12. The Morgan fingerprint density at radius 3 is 2.57 bits per heavy atom. The number of hydrogen-bond donors (Lipinski definition) is 2. The van der Waals surface area contributed by atoms with Crippen molar-refractivity contribution in [3.63, 3.8) is 0 Å². The first-order valence-electron chi connectivity index (χ1n) is 6.16. The van der Waals surface area contributed by atoms with Crippen LogP contribution < -0.4 is 11.1 Å². The van der Waals surface area contributed by atoms with E-state index in [1.54, 1.807) is 18.2 Å². The number of primary amides is 1. The Morgan fingerprint density at radius 2 is 2.00 bits per heavy atom. The van der Waals surface area contributed by atoms with E-state index >= 15 is 0 Å². The standard InChI is InChI=1S/C15H13BrF2N2O/c1-8-4-9(15(19)21)2-3-10(8)7-20-14-12(16)5-11(17)6-13(14)18/h2-6,20H,7H2,1H3,(H2,19,21). The monoisotopic (exact) mass is 354 g/mol. The molecule has 21 heavy (non-hydrogen) atoms. The zero-order valence-electron chi connectivity index (χ0n) is 11.2. The van der Waals surface area contributed by atoms with Gasteiger partial charge in [-0.25, -0.2) is 8.78 Å². The second kappa shape index (κ2) is 6.22. The Kier molecular flexibility index (Phi) is 4.57. The summed E-state index contributed by atoms with van der Waals surface area (Å²) in [6, 6.07) is 7.04. The highest BCUT2D eigenvalue weighted by molar-refractivity contribution is 9.10. The van der Waals surface area contributed by atoms with Gasteiger partial charge in [0, 0.05) is 22.6 Å². The van der Waals surface area contributed by atoms with Gasteiger partial charge in [0.15, 0.2) is 0 Å². The molecular formula is C15H13BrF2N2O. The van der Waals surface area contributed by atoms with Crippen LogP contribution in [-0.2, 0) is 6.54 Å². The normalized spacial score (nSPS) is 10.5. The van der Waals surface area contributed by atoms with Crippen LogP contribution in [0, 0.1) is 18.6 Å². The highest BCUT2D eigenvalue weighted by Gasteiger charge is 2.10. The first-order valence-corrected chi connectivity index (χ1v) is 6.95. The maximum atomic E-state index is 13.7. The lowest BCUT2D eigenvalue weighted by molar-refractivity contribution is 0.1000.